The van der Waals surface area contributed by atoms with Crippen molar-refractivity contribution in [3.8, 4) is 0 Å². The molecule has 1 aliphatic heterocycles. The summed E-state index contributed by atoms with van der Waals surface area (Å²) in [5.41, 5.74) is 1.28. The van der Waals surface area contributed by atoms with Gasteiger partial charge in [0.2, 0.25) is 0 Å². The van der Waals surface area contributed by atoms with Crippen molar-refractivity contribution >= 4 is 5.69 Å². The van der Waals surface area contributed by atoms with E-state index in [1.54, 1.807) is 0 Å². The second kappa shape index (κ2) is 3.75. The molecule has 13 heavy (non-hydrogen) atoms. The van der Waals surface area contributed by atoms with Gasteiger partial charge in [0.1, 0.15) is 0 Å². The molecule has 0 unspecified atom stereocenters. The van der Waals surface area contributed by atoms with Crippen LogP contribution in [0.15, 0.2) is 24.5 Å². The molecule has 1 aromatic heterocycles. The number of aromatic nitrogens is 1. The van der Waals surface area contributed by atoms with Crippen LogP contribution in [0.1, 0.15) is 6.42 Å². The molecule has 2 heterocycles. The van der Waals surface area contributed by atoms with E-state index in [4.69, 9.17) is 0 Å². The van der Waals surface area contributed by atoms with Crippen molar-refractivity contribution in [1.29, 1.82) is 0 Å². The van der Waals surface area contributed by atoms with Crippen molar-refractivity contribution in [3.05, 3.63) is 24.5 Å². The standard InChI is InChI=1S/C10H15N3/c1-11-9-4-7-13(8-9)10-2-5-12-6-3-10/h2-3,5-6,9,11H,4,7-8H2,1H3/t9-/m1/s1. The minimum Gasteiger partial charge on any atom is -0.370 e. The molecule has 0 aliphatic carbocycles. The monoisotopic (exact) mass is 177 g/mol. The number of pyridine rings is 1. The van der Waals surface area contributed by atoms with Gasteiger partial charge >= 0.3 is 0 Å². The molecule has 1 fully saturated rings. The fraction of sp³-hybridized carbons (Fsp3) is 0.500. The van der Waals surface area contributed by atoms with Crippen LogP contribution < -0.4 is 10.2 Å². The molecule has 2 rings (SSSR count). The van der Waals surface area contributed by atoms with E-state index in [0.29, 0.717) is 6.04 Å². The zero-order valence-corrected chi connectivity index (χ0v) is 7.90. The SMILES string of the molecule is CN[C@@H]1CCN(c2ccncc2)C1. The molecule has 0 aromatic carbocycles. The van der Waals surface area contributed by atoms with Crippen LogP contribution in [0.5, 0.6) is 0 Å². The van der Waals surface area contributed by atoms with Gasteiger partial charge < -0.3 is 10.2 Å². The summed E-state index contributed by atoms with van der Waals surface area (Å²) in [6.45, 7) is 2.26. The highest BCUT2D eigenvalue weighted by Crippen LogP contribution is 2.18. The first-order valence-electron chi connectivity index (χ1n) is 4.72. The van der Waals surface area contributed by atoms with Crippen molar-refractivity contribution in [2.24, 2.45) is 0 Å². The Bertz CT molecular complexity index is 260. The molecular formula is C10H15N3. The predicted molar refractivity (Wildman–Crippen MR) is 53.9 cm³/mol. The van der Waals surface area contributed by atoms with Gasteiger partial charge in [-0.05, 0) is 25.6 Å². The molecule has 3 heteroatoms. The zero-order valence-electron chi connectivity index (χ0n) is 7.90. The van der Waals surface area contributed by atoms with Gasteiger partial charge in [-0.15, -0.1) is 0 Å². The van der Waals surface area contributed by atoms with Crippen molar-refractivity contribution in [2.45, 2.75) is 12.5 Å². The van der Waals surface area contributed by atoms with E-state index in [1.807, 2.05) is 19.4 Å². The van der Waals surface area contributed by atoms with E-state index in [9.17, 15) is 0 Å². The Morgan fingerprint density at radius 1 is 1.46 bits per heavy atom. The van der Waals surface area contributed by atoms with Crippen molar-refractivity contribution in [1.82, 2.24) is 10.3 Å². The van der Waals surface area contributed by atoms with Gasteiger partial charge in [0, 0.05) is 37.2 Å². The third-order valence-corrected chi connectivity index (χ3v) is 2.62. The highest BCUT2D eigenvalue weighted by Gasteiger charge is 2.20. The lowest BCUT2D eigenvalue weighted by Crippen LogP contribution is -2.29. The lowest BCUT2D eigenvalue weighted by Gasteiger charge is -2.17. The van der Waals surface area contributed by atoms with Gasteiger partial charge in [-0.1, -0.05) is 0 Å². The molecule has 70 valence electrons. The number of hydrogen-bond acceptors (Lipinski definition) is 3. The van der Waals surface area contributed by atoms with E-state index in [1.165, 1.54) is 12.1 Å². The first-order valence-corrected chi connectivity index (χ1v) is 4.72. The van der Waals surface area contributed by atoms with E-state index in [2.05, 4.69) is 27.3 Å². The van der Waals surface area contributed by atoms with Crippen molar-refractivity contribution < 1.29 is 0 Å². The summed E-state index contributed by atoms with van der Waals surface area (Å²) >= 11 is 0. The number of nitrogens with zero attached hydrogens (tertiary/aromatic N) is 2. The van der Waals surface area contributed by atoms with Crippen LogP contribution >= 0.6 is 0 Å². The third-order valence-electron chi connectivity index (χ3n) is 2.62. The molecule has 1 aliphatic rings. The highest BCUT2D eigenvalue weighted by atomic mass is 15.2. The van der Waals surface area contributed by atoms with Gasteiger partial charge in [-0.25, -0.2) is 0 Å². The van der Waals surface area contributed by atoms with Crippen molar-refractivity contribution in [2.75, 3.05) is 25.0 Å². The van der Waals surface area contributed by atoms with E-state index < -0.39 is 0 Å². The number of nitrogens with one attached hydrogen (secondary N) is 1. The van der Waals surface area contributed by atoms with E-state index in [-0.39, 0.29) is 0 Å². The van der Waals surface area contributed by atoms with Crippen LogP contribution in [0.25, 0.3) is 0 Å². The van der Waals surface area contributed by atoms with Crippen molar-refractivity contribution in [3.63, 3.8) is 0 Å². The summed E-state index contributed by atoms with van der Waals surface area (Å²) < 4.78 is 0. The lowest BCUT2D eigenvalue weighted by molar-refractivity contribution is 0.617. The molecule has 0 saturated carbocycles. The van der Waals surface area contributed by atoms with Gasteiger partial charge in [0.25, 0.3) is 0 Å². The summed E-state index contributed by atoms with van der Waals surface area (Å²) in [5, 5.41) is 3.31. The van der Waals surface area contributed by atoms with Gasteiger partial charge in [0.15, 0.2) is 0 Å². The molecule has 0 amide bonds. The minimum absolute atomic E-state index is 0.646. The lowest BCUT2D eigenvalue weighted by atomic mass is 10.3. The molecule has 1 atom stereocenters. The second-order valence-electron chi connectivity index (χ2n) is 3.43. The summed E-state index contributed by atoms with van der Waals surface area (Å²) in [6, 6.07) is 4.78. The molecular weight excluding hydrogens is 162 g/mol. The molecule has 3 nitrogen and oxygen atoms in total. The summed E-state index contributed by atoms with van der Waals surface area (Å²) in [6.07, 6.45) is 4.93. The number of anilines is 1. The maximum atomic E-state index is 4.01. The fourth-order valence-corrected chi connectivity index (χ4v) is 1.79. The topological polar surface area (TPSA) is 28.2 Å². The summed E-state index contributed by atoms with van der Waals surface area (Å²) in [4.78, 5) is 6.41. The van der Waals surface area contributed by atoms with Crippen LogP contribution in [0.3, 0.4) is 0 Å². The first-order chi connectivity index (χ1) is 6.40. The largest absolute Gasteiger partial charge is 0.370 e. The van der Waals surface area contributed by atoms with Crippen LogP contribution in [-0.2, 0) is 0 Å². The quantitative estimate of drug-likeness (QED) is 0.727. The molecule has 0 radical (unpaired) electrons. The Labute approximate surface area is 78.8 Å². The Hall–Kier alpha value is -1.09. The molecule has 0 spiro atoms. The summed E-state index contributed by atoms with van der Waals surface area (Å²) in [7, 11) is 2.03. The Kier molecular flexibility index (Phi) is 2.45. The van der Waals surface area contributed by atoms with Gasteiger partial charge in [-0.3, -0.25) is 4.98 Å². The Morgan fingerprint density at radius 3 is 2.85 bits per heavy atom. The fourth-order valence-electron chi connectivity index (χ4n) is 1.79. The maximum Gasteiger partial charge on any atom is 0.0397 e. The molecule has 1 aromatic rings. The number of hydrogen-bond donors (Lipinski definition) is 1. The average molecular weight is 177 g/mol. The Morgan fingerprint density at radius 2 is 2.23 bits per heavy atom. The molecule has 1 saturated heterocycles. The third kappa shape index (κ3) is 1.80. The normalized spacial score (nSPS) is 22.2. The molecule has 0 bridgehead atoms. The zero-order chi connectivity index (χ0) is 9.10. The smallest absolute Gasteiger partial charge is 0.0397 e. The van der Waals surface area contributed by atoms with Gasteiger partial charge in [0.05, 0.1) is 0 Å². The highest BCUT2D eigenvalue weighted by molar-refractivity contribution is 5.45. The average Bonchev–Trinajstić information content (AvgIpc) is 2.67. The first kappa shape index (κ1) is 8.51. The van der Waals surface area contributed by atoms with E-state index >= 15 is 0 Å². The second-order valence-corrected chi connectivity index (χ2v) is 3.43. The Balaban J connectivity index is 2.04. The number of likely N-dealkylation sites (N-methyl/N-ethyl adjacent to an activating group) is 1. The minimum atomic E-state index is 0.646. The summed E-state index contributed by atoms with van der Waals surface area (Å²) in [5.74, 6) is 0. The van der Waals surface area contributed by atoms with E-state index in [0.717, 1.165) is 13.1 Å². The van der Waals surface area contributed by atoms with Crippen LogP contribution in [0, 0.1) is 0 Å². The van der Waals surface area contributed by atoms with Gasteiger partial charge in [-0.2, -0.15) is 0 Å². The van der Waals surface area contributed by atoms with Crippen LogP contribution in [-0.4, -0.2) is 31.2 Å². The number of rotatable bonds is 2. The maximum absolute atomic E-state index is 4.01. The van der Waals surface area contributed by atoms with Crippen LogP contribution in [0.4, 0.5) is 5.69 Å². The van der Waals surface area contributed by atoms with Crippen LogP contribution in [0.2, 0.25) is 0 Å². The predicted octanol–water partition coefficient (Wildman–Crippen LogP) is 0.880. The molecule has 1 N–H and O–H groups in total.